The normalized spacial score (nSPS) is 14.4. The van der Waals surface area contributed by atoms with E-state index in [9.17, 15) is 0 Å². The zero-order valence-corrected chi connectivity index (χ0v) is 9.21. The molecule has 1 aliphatic heterocycles. The maximum absolute atomic E-state index is 6.07. The number of aromatic nitrogens is 1. The predicted molar refractivity (Wildman–Crippen MR) is 58.6 cm³/mol. The highest BCUT2D eigenvalue weighted by atomic mass is 35.5. The molecular weight excluding hydrogens is 218 g/mol. The Bertz CT molecular complexity index is 520. The van der Waals surface area contributed by atoms with E-state index in [0.717, 1.165) is 29.2 Å². The van der Waals surface area contributed by atoms with Gasteiger partial charge in [0.1, 0.15) is 10.9 Å². The fourth-order valence-corrected chi connectivity index (χ4v) is 3.15. The molecule has 0 spiro atoms. The first-order chi connectivity index (χ1) is 6.77. The van der Waals surface area contributed by atoms with Crippen LogP contribution in [0, 0.1) is 6.92 Å². The molecule has 0 unspecified atom stereocenters. The summed E-state index contributed by atoms with van der Waals surface area (Å²) in [7, 11) is 0. The molecule has 0 atom stereocenters. The van der Waals surface area contributed by atoms with Crippen molar-refractivity contribution in [2.24, 2.45) is 0 Å². The highest BCUT2D eigenvalue weighted by Gasteiger charge is 2.20. The van der Waals surface area contributed by atoms with Gasteiger partial charge in [0.2, 0.25) is 0 Å². The Morgan fingerprint density at radius 3 is 3.29 bits per heavy atom. The smallest absolute Gasteiger partial charge is 0.147 e. The van der Waals surface area contributed by atoms with Crippen LogP contribution in [0.4, 0.5) is 0 Å². The van der Waals surface area contributed by atoms with Crippen LogP contribution in [0.2, 0.25) is 5.15 Å². The Hall–Kier alpha value is -0.800. The minimum absolute atomic E-state index is 0.600. The predicted octanol–water partition coefficient (Wildman–Crippen LogP) is 3.19. The van der Waals surface area contributed by atoms with Crippen molar-refractivity contribution in [2.75, 3.05) is 6.61 Å². The molecule has 0 aromatic carbocycles. The first-order valence-corrected chi connectivity index (χ1v) is 5.72. The molecule has 3 rings (SSSR count). The van der Waals surface area contributed by atoms with Gasteiger partial charge in [-0.15, -0.1) is 11.3 Å². The number of nitrogens with zero attached hydrogens (tertiary/aromatic N) is 1. The molecule has 0 saturated carbocycles. The van der Waals surface area contributed by atoms with E-state index in [4.69, 9.17) is 16.3 Å². The molecule has 2 aromatic rings. The number of thiophene rings is 1. The topological polar surface area (TPSA) is 22.1 Å². The molecule has 1 aliphatic rings. The van der Waals surface area contributed by atoms with Crippen molar-refractivity contribution in [3.05, 3.63) is 21.8 Å². The van der Waals surface area contributed by atoms with Gasteiger partial charge in [0.15, 0.2) is 0 Å². The molecular formula is C10H8ClNOS. The Morgan fingerprint density at radius 1 is 1.57 bits per heavy atom. The summed E-state index contributed by atoms with van der Waals surface area (Å²) in [6.07, 6.45) is 0.941. The number of halogens is 1. The van der Waals surface area contributed by atoms with E-state index in [1.807, 2.05) is 12.3 Å². The fraction of sp³-hybridized carbons (Fsp3) is 0.300. The van der Waals surface area contributed by atoms with Gasteiger partial charge in [0, 0.05) is 22.9 Å². The summed E-state index contributed by atoms with van der Waals surface area (Å²) in [5.74, 6) is 0.971. The summed E-state index contributed by atoms with van der Waals surface area (Å²) in [6.45, 7) is 2.76. The molecule has 0 aliphatic carbocycles. The molecule has 0 bridgehead atoms. The zero-order chi connectivity index (χ0) is 9.71. The van der Waals surface area contributed by atoms with Gasteiger partial charge in [0.25, 0.3) is 0 Å². The maximum atomic E-state index is 6.07. The summed E-state index contributed by atoms with van der Waals surface area (Å²) in [4.78, 5) is 4.34. The molecule has 72 valence electrons. The lowest BCUT2D eigenvalue weighted by Gasteiger charge is -2.15. The highest BCUT2D eigenvalue weighted by Crippen LogP contribution is 2.41. The SMILES string of the molecule is Cc1nc(Cl)c2scc3c2c1CCO3. The lowest BCUT2D eigenvalue weighted by molar-refractivity contribution is 0.319. The first kappa shape index (κ1) is 8.50. The number of hydrogen-bond acceptors (Lipinski definition) is 3. The van der Waals surface area contributed by atoms with Gasteiger partial charge < -0.3 is 4.74 Å². The largest absolute Gasteiger partial charge is 0.492 e. The van der Waals surface area contributed by atoms with Gasteiger partial charge in [-0.25, -0.2) is 4.98 Å². The summed E-state index contributed by atoms with van der Waals surface area (Å²) < 4.78 is 6.63. The van der Waals surface area contributed by atoms with Crippen molar-refractivity contribution >= 4 is 33.0 Å². The summed E-state index contributed by atoms with van der Waals surface area (Å²) >= 11 is 7.68. The molecule has 4 heteroatoms. The summed E-state index contributed by atoms with van der Waals surface area (Å²) in [6, 6.07) is 0. The zero-order valence-electron chi connectivity index (χ0n) is 7.63. The first-order valence-electron chi connectivity index (χ1n) is 4.46. The minimum atomic E-state index is 0.600. The van der Waals surface area contributed by atoms with Crippen molar-refractivity contribution in [1.29, 1.82) is 0 Å². The molecule has 3 heterocycles. The van der Waals surface area contributed by atoms with Crippen molar-refractivity contribution < 1.29 is 4.74 Å². The Morgan fingerprint density at radius 2 is 2.43 bits per heavy atom. The molecule has 0 amide bonds. The van der Waals surface area contributed by atoms with E-state index in [0.29, 0.717) is 5.15 Å². The number of pyridine rings is 1. The van der Waals surface area contributed by atoms with Crippen LogP contribution in [0.1, 0.15) is 11.3 Å². The monoisotopic (exact) mass is 225 g/mol. The van der Waals surface area contributed by atoms with E-state index in [-0.39, 0.29) is 0 Å². The third-order valence-corrected chi connectivity index (χ3v) is 3.91. The fourth-order valence-electron chi connectivity index (χ4n) is 1.90. The Kier molecular flexibility index (Phi) is 1.73. The van der Waals surface area contributed by atoms with Crippen molar-refractivity contribution in [3.8, 4) is 5.75 Å². The molecule has 2 nitrogen and oxygen atoms in total. The van der Waals surface area contributed by atoms with E-state index < -0.39 is 0 Å². The molecule has 0 saturated heterocycles. The second-order valence-corrected chi connectivity index (χ2v) is 4.61. The Balaban J connectivity index is 2.52. The van der Waals surface area contributed by atoms with Crippen LogP contribution in [-0.2, 0) is 6.42 Å². The average molecular weight is 226 g/mol. The van der Waals surface area contributed by atoms with Crippen LogP contribution in [0.5, 0.6) is 5.75 Å². The van der Waals surface area contributed by atoms with Crippen LogP contribution in [-0.4, -0.2) is 11.6 Å². The minimum Gasteiger partial charge on any atom is -0.492 e. The van der Waals surface area contributed by atoms with Crippen LogP contribution >= 0.6 is 22.9 Å². The molecule has 0 N–H and O–H groups in total. The lowest BCUT2D eigenvalue weighted by Crippen LogP contribution is -2.09. The van der Waals surface area contributed by atoms with Gasteiger partial charge in [-0.05, 0) is 12.5 Å². The third-order valence-electron chi connectivity index (χ3n) is 2.56. The number of aryl methyl sites for hydroxylation is 1. The quantitative estimate of drug-likeness (QED) is 0.643. The third kappa shape index (κ3) is 0.996. The van der Waals surface area contributed by atoms with Gasteiger partial charge in [0.05, 0.1) is 11.3 Å². The van der Waals surface area contributed by atoms with Crippen LogP contribution < -0.4 is 4.74 Å². The van der Waals surface area contributed by atoms with E-state index in [1.165, 1.54) is 10.9 Å². The Labute approximate surface area is 90.5 Å². The van der Waals surface area contributed by atoms with Crippen LogP contribution in [0.25, 0.3) is 10.1 Å². The van der Waals surface area contributed by atoms with Gasteiger partial charge >= 0.3 is 0 Å². The average Bonchev–Trinajstić information content (AvgIpc) is 2.59. The summed E-state index contributed by atoms with van der Waals surface area (Å²) in [5, 5.41) is 3.79. The number of rotatable bonds is 0. The second kappa shape index (κ2) is 2.84. The van der Waals surface area contributed by atoms with Gasteiger partial charge in [-0.2, -0.15) is 0 Å². The highest BCUT2D eigenvalue weighted by molar-refractivity contribution is 7.18. The van der Waals surface area contributed by atoms with Crippen LogP contribution in [0.3, 0.4) is 0 Å². The van der Waals surface area contributed by atoms with E-state index >= 15 is 0 Å². The van der Waals surface area contributed by atoms with Gasteiger partial charge in [-0.1, -0.05) is 11.6 Å². The van der Waals surface area contributed by atoms with E-state index in [2.05, 4.69) is 4.98 Å². The number of ether oxygens (including phenoxy) is 1. The van der Waals surface area contributed by atoms with E-state index in [1.54, 1.807) is 11.3 Å². The molecule has 14 heavy (non-hydrogen) atoms. The summed E-state index contributed by atoms with van der Waals surface area (Å²) in [5.41, 5.74) is 2.33. The lowest BCUT2D eigenvalue weighted by atomic mass is 10.0. The van der Waals surface area contributed by atoms with Crippen molar-refractivity contribution in [3.63, 3.8) is 0 Å². The molecule has 0 radical (unpaired) electrons. The number of hydrogen-bond donors (Lipinski definition) is 0. The second-order valence-electron chi connectivity index (χ2n) is 3.37. The van der Waals surface area contributed by atoms with Crippen LogP contribution in [0.15, 0.2) is 5.38 Å². The van der Waals surface area contributed by atoms with Crippen molar-refractivity contribution in [1.82, 2.24) is 4.98 Å². The molecule has 0 fully saturated rings. The maximum Gasteiger partial charge on any atom is 0.147 e. The standard InChI is InChI=1S/C10H8ClNOS/c1-5-6-2-3-13-7-4-14-9(8(6)7)10(11)12-5/h4H,2-3H2,1H3. The van der Waals surface area contributed by atoms with Gasteiger partial charge in [-0.3, -0.25) is 0 Å². The molecule has 2 aromatic heterocycles. The van der Waals surface area contributed by atoms with Crippen molar-refractivity contribution in [2.45, 2.75) is 13.3 Å².